The molecular formula is C13H17F2NO2. The van der Waals surface area contributed by atoms with Crippen molar-refractivity contribution in [3.8, 4) is 5.75 Å². The molecule has 0 radical (unpaired) electrons. The van der Waals surface area contributed by atoms with Gasteiger partial charge in [-0.05, 0) is 25.3 Å². The standard InChI is InChI=1S/C13H17F2NO2/c1-8-3-2-4-10(11(8)18-12(14)15)13(7-16)5-9(17)6-13/h2-4,9,12,17H,5-7,16H2,1H3. The molecule has 100 valence electrons. The lowest BCUT2D eigenvalue weighted by Gasteiger charge is -2.45. The number of ether oxygens (including phenoxy) is 1. The molecule has 18 heavy (non-hydrogen) atoms. The van der Waals surface area contributed by atoms with E-state index >= 15 is 0 Å². The monoisotopic (exact) mass is 257 g/mol. The Balaban J connectivity index is 2.40. The molecule has 2 rings (SSSR count). The second kappa shape index (κ2) is 4.82. The Morgan fingerprint density at radius 3 is 2.67 bits per heavy atom. The summed E-state index contributed by atoms with van der Waals surface area (Å²) in [5.41, 5.74) is 6.65. The maximum absolute atomic E-state index is 12.5. The van der Waals surface area contributed by atoms with Gasteiger partial charge >= 0.3 is 6.61 Å². The van der Waals surface area contributed by atoms with Crippen molar-refractivity contribution in [3.63, 3.8) is 0 Å². The predicted octanol–water partition coefficient (Wildman–Crippen LogP) is 1.95. The molecule has 0 atom stereocenters. The van der Waals surface area contributed by atoms with Gasteiger partial charge in [0, 0.05) is 17.5 Å². The number of benzene rings is 1. The molecule has 0 aromatic heterocycles. The zero-order valence-corrected chi connectivity index (χ0v) is 10.2. The predicted molar refractivity (Wildman–Crippen MR) is 63.8 cm³/mol. The fraction of sp³-hybridized carbons (Fsp3) is 0.538. The molecule has 1 aromatic rings. The molecule has 1 aliphatic rings. The maximum Gasteiger partial charge on any atom is 0.387 e. The van der Waals surface area contributed by atoms with E-state index < -0.39 is 18.1 Å². The van der Waals surface area contributed by atoms with E-state index in [0.29, 0.717) is 30.5 Å². The van der Waals surface area contributed by atoms with Crippen molar-refractivity contribution >= 4 is 0 Å². The van der Waals surface area contributed by atoms with E-state index in [1.807, 2.05) is 0 Å². The van der Waals surface area contributed by atoms with Crippen molar-refractivity contribution in [2.45, 2.75) is 37.9 Å². The van der Waals surface area contributed by atoms with Crippen LogP contribution in [0.2, 0.25) is 0 Å². The van der Waals surface area contributed by atoms with Crippen LogP contribution >= 0.6 is 0 Å². The van der Waals surface area contributed by atoms with E-state index in [2.05, 4.69) is 4.74 Å². The summed E-state index contributed by atoms with van der Waals surface area (Å²) in [5, 5.41) is 9.47. The molecule has 5 heteroatoms. The third kappa shape index (κ3) is 2.20. The number of nitrogens with two attached hydrogens (primary N) is 1. The van der Waals surface area contributed by atoms with Gasteiger partial charge in [-0.15, -0.1) is 0 Å². The number of hydrogen-bond acceptors (Lipinski definition) is 3. The van der Waals surface area contributed by atoms with Gasteiger partial charge in [0.05, 0.1) is 6.10 Å². The minimum atomic E-state index is -2.86. The fourth-order valence-corrected chi connectivity index (χ4v) is 2.65. The van der Waals surface area contributed by atoms with Crippen LogP contribution in [0.4, 0.5) is 8.78 Å². The molecule has 1 saturated carbocycles. The highest BCUT2D eigenvalue weighted by Gasteiger charge is 2.45. The Bertz CT molecular complexity index is 431. The molecule has 0 aliphatic heterocycles. The zero-order valence-electron chi connectivity index (χ0n) is 10.2. The van der Waals surface area contributed by atoms with Crippen LogP contribution in [0.25, 0.3) is 0 Å². The van der Waals surface area contributed by atoms with Gasteiger partial charge in [-0.3, -0.25) is 0 Å². The highest BCUT2D eigenvalue weighted by atomic mass is 19.3. The Morgan fingerprint density at radius 1 is 1.50 bits per heavy atom. The van der Waals surface area contributed by atoms with E-state index in [1.165, 1.54) is 0 Å². The molecule has 3 N–H and O–H groups in total. The molecule has 0 unspecified atom stereocenters. The second-order valence-corrected chi connectivity index (χ2v) is 4.88. The quantitative estimate of drug-likeness (QED) is 0.866. The average Bonchev–Trinajstić information content (AvgIpc) is 2.27. The first-order valence-corrected chi connectivity index (χ1v) is 5.91. The summed E-state index contributed by atoms with van der Waals surface area (Å²) in [6.07, 6.45) is 0.576. The van der Waals surface area contributed by atoms with Gasteiger partial charge in [-0.1, -0.05) is 18.2 Å². The third-order valence-electron chi connectivity index (χ3n) is 3.63. The molecule has 0 amide bonds. The van der Waals surface area contributed by atoms with Crippen molar-refractivity contribution in [2.24, 2.45) is 5.73 Å². The normalized spacial score (nSPS) is 27.1. The van der Waals surface area contributed by atoms with Crippen LogP contribution < -0.4 is 10.5 Å². The van der Waals surface area contributed by atoms with Gasteiger partial charge in [-0.2, -0.15) is 8.78 Å². The minimum Gasteiger partial charge on any atom is -0.434 e. The smallest absolute Gasteiger partial charge is 0.387 e. The van der Waals surface area contributed by atoms with Crippen LogP contribution in [-0.2, 0) is 5.41 Å². The number of alkyl halides is 2. The minimum absolute atomic E-state index is 0.199. The zero-order chi connectivity index (χ0) is 13.3. The van der Waals surface area contributed by atoms with Crippen LogP contribution in [0.3, 0.4) is 0 Å². The fourth-order valence-electron chi connectivity index (χ4n) is 2.65. The number of aliphatic hydroxyl groups is 1. The van der Waals surface area contributed by atoms with Crippen molar-refractivity contribution < 1.29 is 18.6 Å². The lowest BCUT2D eigenvalue weighted by molar-refractivity contribution is -0.0535. The molecule has 1 fully saturated rings. The largest absolute Gasteiger partial charge is 0.434 e. The van der Waals surface area contributed by atoms with Gasteiger partial charge < -0.3 is 15.6 Å². The van der Waals surface area contributed by atoms with Crippen molar-refractivity contribution in [2.75, 3.05) is 6.54 Å². The third-order valence-corrected chi connectivity index (χ3v) is 3.63. The van der Waals surface area contributed by atoms with Gasteiger partial charge in [0.1, 0.15) is 5.75 Å². The Hall–Kier alpha value is -1.20. The van der Waals surface area contributed by atoms with E-state index in [4.69, 9.17) is 5.73 Å². The van der Waals surface area contributed by atoms with E-state index in [1.54, 1.807) is 25.1 Å². The highest BCUT2D eigenvalue weighted by molar-refractivity contribution is 5.47. The lowest BCUT2D eigenvalue weighted by atomic mass is 9.62. The van der Waals surface area contributed by atoms with Crippen LogP contribution in [0, 0.1) is 6.92 Å². The van der Waals surface area contributed by atoms with Gasteiger partial charge in [0.25, 0.3) is 0 Å². The van der Waals surface area contributed by atoms with Gasteiger partial charge in [-0.25, -0.2) is 0 Å². The van der Waals surface area contributed by atoms with Crippen molar-refractivity contribution in [1.82, 2.24) is 0 Å². The molecule has 1 aromatic carbocycles. The van der Waals surface area contributed by atoms with Crippen LogP contribution in [0.1, 0.15) is 24.0 Å². The molecular weight excluding hydrogens is 240 g/mol. The Labute approximate surface area is 105 Å². The first kappa shape index (κ1) is 13.2. The van der Waals surface area contributed by atoms with E-state index in [0.717, 1.165) is 0 Å². The summed E-state index contributed by atoms with van der Waals surface area (Å²) < 4.78 is 29.6. The van der Waals surface area contributed by atoms with Crippen LogP contribution in [0.15, 0.2) is 18.2 Å². The molecule has 1 aliphatic carbocycles. The van der Waals surface area contributed by atoms with Crippen molar-refractivity contribution in [3.05, 3.63) is 29.3 Å². The number of rotatable bonds is 4. The average molecular weight is 257 g/mol. The van der Waals surface area contributed by atoms with Gasteiger partial charge in [0.15, 0.2) is 0 Å². The first-order valence-electron chi connectivity index (χ1n) is 5.91. The van der Waals surface area contributed by atoms with Gasteiger partial charge in [0.2, 0.25) is 0 Å². The van der Waals surface area contributed by atoms with E-state index in [-0.39, 0.29) is 5.75 Å². The molecule has 0 bridgehead atoms. The Morgan fingerprint density at radius 2 is 2.17 bits per heavy atom. The first-order chi connectivity index (χ1) is 8.48. The summed E-state index contributed by atoms with van der Waals surface area (Å²) >= 11 is 0. The van der Waals surface area contributed by atoms with Crippen molar-refractivity contribution in [1.29, 1.82) is 0 Å². The van der Waals surface area contributed by atoms with Crippen LogP contribution in [0.5, 0.6) is 5.75 Å². The topological polar surface area (TPSA) is 55.5 Å². The highest BCUT2D eigenvalue weighted by Crippen LogP contribution is 2.47. The number of para-hydroxylation sites is 1. The summed E-state index contributed by atoms with van der Waals surface area (Å²) in [5.74, 6) is 0.199. The maximum atomic E-state index is 12.5. The summed E-state index contributed by atoms with van der Waals surface area (Å²) in [6.45, 7) is -0.821. The SMILES string of the molecule is Cc1cccc(C2(CN)CC(O)C2)c1OC(F)F. The molecule has 0 saturated heterocycles. The molecule has 3 nitrogen and oxygen atoms in total. The van der Waals surface area contributed by atoms with E-state index in [9.17, 15) is 13.9 Å². The second-order valence-electron chi connectivity index (χ2n) is 4.88. The molecule has 0 heterocycles. The van der Waals surface area contributed by atoms with Crippen LogP contribution in [-0.4, -0.2) is 24.4 Å². The lowest BCUT2D eigenvalue weighted by Crippen LogP contribution is -2.50. The number of aryl methyl sites for hydroxylation is 1. The Kier molecular flexibility index (Phi) is 3.54. The molecule has 0 spiro atoms. The number of halogens is 2. The summed E-state index contributed by atoms with van der Waals surface area (Å²) in [4.78, 5) is 0. The summed E-state index contributed by atoms with van der Waals surface area (Å²) in [6, 6.07) is 5.27. The number of hydrogen-bond donors (Lipinski definition) is 2. The summed E-state index contributed by atoms with van der Waals surface area (Å²) in [7, 11) is 0. The number of aliphatic hydroxyl groups excluding tert-OH is 1.